The Morgan fingerprint density at radius 1 is 1.11 bits per heavy atom. The van der Waals surface area contributed by atoms with E-state index in [1.165, 1.54) is 7.11 Å². The molecule has 144 valence electrons. The first-order valence-corrected chi connectivity index (χ1v) is 9.91. The van der Waals surface area contributed by atoms with Crippen LogP contribution >= 0.6 is 11.8 Å². The van der Waals surface area contributed by atoms with Crippen LogP contribution in [0.4, 0.5) is 0 Å². The van der Waals surface area contributed by atoms with Crippen molar-refractivity contribution in [2.45, 2.75) is 31.3 Å². The zero-order chi connectivity index (χ0) is 19.8. The van der Waals surface area contributed by atoms with Gasteiger partial charge in [0.1, 0.15) is 11.3 Å². The molecule has 0 saturated heterocycles. The highest BCUT2D eigenvalue weighted by Gasteiger charge is 2.21. The highest BCUT2D eigenvalue weighted by molar-refractivity contribution is 7.98. The first-order chi connectivity index (χ1) is 13.0. The minimum Gasteiger partial charge on any atom is -0.496 e. The van der Waals surface area contributed by atoms with Crippen LogP contribution in [0.25, 0.3) is 0 Å². The van der Waals surface area contributed by atoms with Crippen LogP contribution in [-0.4, -0.2) is 42.8 Å². The van der Waals surface area contributed by atoms with Crippen molar-refractivity contribution in [3.63, 3.8) is 0 Å². The lowest BCUT2D eigenvalue weighted by Crippen LogP contribution is -2.39. The summed E-state index contributed by atoms with van der Waals surface area (Å²) in [4.78, 5) is 27.7. The maximum absolute atomic E-state index is 12.6. The number of rotatable bonds is 8. The van der Waals surface area contributed by atoms with Gasteiger partial charge < -0.3 is 14.4 Å². The highest BCUT2D eigenvalue weighted by atomic mass is 32.2. The minimum absolute atomic E-state index is 0.00759. The van der Waals surface area contributed by atoms with Crippen molar-refractivity contribution in [1.29, 1.82) is 0 Å². The standard InChI is InChI=1S/C21H25NO4S/c1-15(2)22(13-16-8-6-5-7-9-16)20(23)14-26-21(24)18-11-10-17(27-4)12-19(18)25-3/h5-12,15H,13-14H2,1-4H3. The van der Waals surface area contributed by atoms with Crippen LogP contribution in [0.3, 0.4) is 0 Å². The first kappa shape index (κ1) is 20.8. The Labute approximate surface area is 164 Å². The number of hydrogen-bond donors (Lipinski definition) is 0. The number of amides is 1. The molecule has 0 atom stereocenters. The number of methoxy groups -OCH3 is 1. The molecule has 0 spiro atoms. The molecule has 0 heterocycles. The molecule has 0 aromatic heterocycles. The van der Waals surface area contributed by atoms with Gasteiger partial charge in [0.2, 0.25) is 0 Å². The molecule has 0 N–H and O–H groups in total. The molecule has 1 amide bonds. The third-order valence-electron chi connectivity index (χ3n) is 4.09. The predicted molar refractivity (Wildman–Crippen MR) is 107 cm³/mol. The monoisotopic (exact) mass is 387 g/mol. The van der Waals surface area contributed by atoms with E-state index in [0.29, 0.717) is 17.9 Å². The van der Waals surface area contributed by atoms with Gasteiger partial charge in [0.25, 0.3) is 5.91 Å². The number of benzene rings is 2. The third kappa shape index (κ3) is 5.76. The van der Waals surface area contributed by atoms with Crippen LogP contribution in [0.2, 0.25) is 0 Å². The number of ether oxygens (including phenoxy) is 2. The number of nitrogens with zero attached hydrogens (tertiary/aromatic N) is 1. The van der Waals surface area contributed by atoms with Crippen LogP contribution < -0.4 is 4.74 Å². The largest absolute Gasteiger partial charge is 0.496 e. The summed E-state index contributed by atoms with van der Waals surface area (Å²) in [6.45, 7) is 4.04. The number of esters is 1. The quantitative estimate of drug-likeness (QED) is 0.506. The van der Waals surface area contributed by atoms with Crippen molar-refractivity contribution < 1.29 is 19.1 Å². The Hall–Kier alpha value is -2.47. The fourth-order valence-electron chi connectivity index (χ4n) is 2.59. The predicted octanol–water partition coefficient (Wildman–Crippen LogP) is 4.01. The Morgan fingerprint density at radius 2 is 1.81 bits per heavy atom. The number of carbonyl (C=O) groups excluding carboxylic acids is 2. The van der Waals surface area contributed by atoms with Gasteiger partial charge in [-0.1, -0.05) is 30.3 Å². The second-order valence-electron chi connectivity index (χ2n) is 6.24. The summed E-state index contributed by atoms with van der Waals surface area (Å²) < 4.78 is 10.5. The lowest BCUT2D eigenvalue weighted by atomic mass is 10.2. The lowest BCUT2D eigenvalue weighted by Gasteiger charge is -2.26. The maximum Gasteiger partial charge on any atom is 0.342 e. The molecule has 0 bridgehead atoms. The van der Waals surface area contributed by atoms with E-state index in [4.69, 9.17) is 9.47 Å². The molecule has 0 fully saturated rings. The topological polar surface area (TPSA) is 55.8 Å². The molecule has 27 heavy (non-hydrogen) atoms. The van der Waals surface area contributed by atoms with Crippen LogP contribution in [0.15, 0.2) is 53.4 Å². The molecule has 5 nitrogen and oxygen atoms in total. The van der Waals surface area contributed by atoms with Gasteiger partial charge in [-0.15, -0.1) is 11.8 Å². The molecule has 0 aliphatic rings. The minimum atomic E-state index is -0.573. The molecule has 0 saturated carbocycles. The normalized spacial score (nSPS) is 10.6. The van der Waals surface area contributed by atoms with Gasteiger partial charge in [0.15, 0.2) is 6.61 Å². The lowest BCUT2D eigenvalue weighted by molar-refractivity contribution is -0.136. The molecular weight excluding hydrogens is 362 g/mol. The second-order valence-corrected chi connectivity index (χ2v) is 7.12. The van der Waals surface area contributed by atoms with E-state index in [2.05, 4.69) is 0 Å². The molecule has 2 aromatic rings. The second kappa shape index (κ2) is 10.0. The Morgan fingerprint density at radius 3 is 2.41 bits per heavy atom. The van der Waals surface area contributed by atoms with E-state index >= 15 is 0 Å². The Balaban J connectivity index is 2.03. The fraction of sp³-hybridized carbons (Fsp3) is 0.333. The van der Waals surface area contributed by atoms with Gasteiger partial charge in [-0.3, -0.25) is 4.79 Å². The van der Waals surface area contributed by atoms with Crippen molar-refractivity contribution in [2.24, 2.45) is 0 Å². The number of carbonyl (C=O) groups is 2. The van der Waals surface area contributed by atoms with E-state index in [1.54, 1.807) is 28.8 Å². The Kier molecular flexibility index (Phi) is 7.73. The van der Waals surface area contributed by atoms with E-state index in [0.717, 1.165) is 10.5 Å². The van der Waals surface area contributed by atoms with E-state index < -0.39 is 5.97 Å². The molecule has 2 rings (SSSR count). The average molecular weight is 388 g/mol. The average Bonchev–Trinajstić information content (AvgIpc) is 2.69. The van der Waals surface area contributed by atoms with E-state index in [-0.39, 0.29) is 18.6 Å². The molecule has 0 aliphatic carbocycles. The van der Waals surface area contributed by atoms with Gasteiger partial charge in [-0.25, -0.2) is 4.79 Å². The van der Waals surface area contributed by atoms with Crippen LogP contribution in [0.5, 0.6) is 5.75 Å². The maximum atomic E-state index is 12.6. The molecular formula is C21H25NO4S. The Bertz CT molecular complexity index is 777. The highest BCUT2D eigenvalue weighted by Crippen LogP contribution is 2.26. The molecule has 6 heteroatoms. The molecule has 0 unspecified atom stereocenters. The SMILES string of the molecule is COc1cc(SC)ccc1C(=O)OCC(=O)N(Cc1ccccc1)C(C)C. The fourth-order valence-corrected chi connectivity index (χ4v) is 3.02. The number of thioether (sulfide) groups is 1. The summed E-state index contributed by atoms with van der Waals surface area (Å²) in [6.07, 6.45) is 1.94. The summed E-state index contributed by atoms with van der Waals surface area (Å²) in [5.74, 6) is -0.373. The number of hydrogen-bond acceptors (Lipinski definition) is 5. The van der Waals surface area contributed by atoms with Crippen LogP contribution in [0.1, 0.15) is 29.8 Å². The van der Waals surface area contributed by atoms with Gasteiger partial charge in [0.05, 0.1) is 7.11 Å². The summed E-state index contributed by atoms with van der Waals surface area (Å²) in [5, 5.41) is 0. The van der Waals surface area contributed by atoms with Gasteiger partial charge in [-0.05, 0) is 43.9 Å². The molecule has 0 aliphatic heterocycles. The summed E-state index contributed by atoms with van der Waals surface area (Å²) in [5.41, 5.74) is 1.34. The van der Waals surface area contributed by atoms with E-state index in [1.807, 2.05) is 56.5 Å². The van der Waals surface area contributed by atoms with Crippen molar-refractivity contribution >= 4 is 23.6 Å². The van der Waals surface area contributed by atoms with E-state index in [9.17, 15) is 9.59 Å². The molecule has 0 radical (unpaired) electrons. The van der Waals surface area contributed by atoms with Crippen molar-refractivity contribution in [3.8, 4) is 5.75 Å². The van der Waals surface area contributed by atoms with Crippen LogP contribution in [-0.2, 0) is 16.1 Å². The summed E-state index contributed by atoms with van der Waals surface area (Å²) in [7, 11) is 1.50. The zero-order valence-corrected chi connectivity index (χ0v) is 16.9. The smallest absolute Gasteiger partial charge is 0.342 e. The first-order valence-electron chi connectivity index (χ1n) is 8.68. The van der Waals surface area contributed by atoms with Gasteiger partial charge in [-0.2, -0.15) is 0 Å². The van der Waals surface area contributed by atoms with Crippen LogP contribution in [0, 0.1) is 0 Å². The summed E-state index contributed by atoms with van der Waals surface area (Å²) in [6, 6.07) is 15.0. The third-order valence-corrected chi connectivity index (χ3v) is 4.82. The molecule has 2 aromatic carbocycles. The van der Waals surface area contributed by atoms with Gasteiger partial charge in [0, 0.05) is 17.5 Å². The summed E-state index contributed by atoms with van der Waals surface area (Å²) >= 11 is 1.55. The van der Waals surface area contributed by atoms with Crippen molar-refractivity contribution in [3.05, 3.63) is 59.7 Å². The zero-order valence-electron chi connectivity index (χ0n) is 16.1. The van der Waals surface area contributed by atoms with Gasteiger partial charge >= 0.3 is 5.97 Å². The van der Waals surface area contributed by atoms with Crippen molar-refractivity contribution in [1.82, 2.24) is 4.90 Å². The van der Waals surface area contributed by atoms with Crippen molar-refractivity contribution in [2.75, 3.05) is 20.0 Å².